The van der Waals surface area contributed by atoms with Crippen LogP contribution >= 0.6 is 0 Å². The maximum Gasteiger partial charge on any atom is 0.481 e. The topological polar surface area (TPSA) is 68.8 Å². The van der Waals surface area contributed by atoms with Gasteiger partial charge in [0.05, 0.1) is 36.8 Å². The first-order valence-corrected chi connectivity index (χ1v) is 12.3. The Balaban J connectivity index is 1.27. The number of nitrogens with one attached hydrogen (secondary N) is 2. The third-order valence-electron chi connectivity index (χ3n) is 8.65. The summed E-state index contributed by atoms with van der Waals surface area (Å²) in [5.41, 5.74) is 1.30. The van der Waals surface area contributed by atoms with E-state index in [9.17, 15) is 4.79 Å². The number of carbonyl (C=O) groups excluding carboxylic acids is 1. The maximum atomic E-state index is 12.9. The SMILES string of the molecule is CC1(C)[C@@H]2C[C@H]3OB([C@H](CCc4ccccc4)NC(=O)C[C@@H]4CNCCO4)O[C@@]3(C)[C@H]1C2. The molecule has 6 atom stereocenters. The molecule has 0 unspecified atom stereocenters. The van der Waals surface area contributed by atoms with Gasteiger partial charge in [-0.2, -0.15) is 0 Å². The number of benzene rings is 1. The van der Waals surface area contributed by atoms with Crippen LogP contribution in [0.1, 0.15) is 52.0 Å². The lowest BCUT2D eigenvalue weighted by Crippen LogP contribution is -2.65. The number of aryl methyl sites for hydroxylation is 1. The molecule has 2 aliphatic heterocycles. The molecule has 0 radical (unpaired) electrons. The number of rotatable bonds is 7. The van der Waals surface area contributed by atoms with Gasteiger partial charge < -0.3 is 24.7 Å². The molecule has 1 aromatic rings. The first kappa shape index (κ1) is 22.4. The fourth-order valence-electron chi connectivity index (χ4n) is 6.54. The Hall–Kier alpha value is -1.41. The normalized spacial score (nSPS) is 36.2. The van der Waals surface area contributed by atoms with Crippen LogP contribution in [0.25, 0.3) is 0 Å². The number of hydrogen-bond acceptors (Lipinski definition) is 5. The molecular weight excluding hydrogens is 403 g/mol. The number of amides is 1. The van der Waals surface area contributed by atoms with E-state index in [-0.39, 0.29) is 29.7 Å². The zero-order chi connectivity index (χ0) is 22.3. The standard InChI is InChI=1S/C25H37BN2O4/c1-24(2)18-13-20(24)25(3)21(14-18)31-26(32-25)22(10-9-17-7-5-4-6-8-17)28-23(29)15-19-16-27-11-12-30-19/h4-8,18-22,27H,9-16H2,1-3H3,(H,28,29)/t18-,19+,20-,21+,22-,25-/m0/s1. The van der Waals surface area contributed by atoms with Gasteiger partial charge in [-0.15, -0.1) is 0 Å². The van der Waals surface area contributed by atoms with E-state index >= 15 is 0 Å². The Kier molecular flexibility index (Phi) is 6.12. The molecule has 2 heterocycles. The van der Waals surface area contributed by atoms with Crippen molar-refractivity contribution < 1.29 is 18.8 Å². The molecule has 0 aromatic heterocycles. The predicted molar refractivity (Wildman–Crippen MR) is 124 cm³/mol. The van der Waals surface area contributed by atoms with Crippen molar-refractivity contribution in [3.05, 3.63) is 35.9 Å². The van der Waals surface area contributed by atoms with Crippen molar-refractivity contribution in [1.82, 2.24) is 10.6 Å². The summed E-state index contributed by atoms with van der Waals surface area (Å²) >= 11 is 0. The van der Waals surface area contributed by atoms with Crippen molar-refractivity contribution in [3.63, 3.8) is 0 Å². The Bertz CT molecular complexity index is 815. The number of hydrogen-bond donors (Lipinski definition) is 2. The minimum atomic E-state index is -0.404. The van der Waals surface area contributed by atoms with Crippen LogP contribution in [0.4, 0.5) is 0 Å². The van der Waals surface area contributed by atoms with Crippen molar-refractivity contribution in [2.45, 2.75) is 76.6 Å². The molecule has 6 rings (SSSR count). The van der Waals surface area contributed by atoms with E-state index in [1.165, 1.54) is 12.0 Å². The van der Waals surface area contributed by atoms with Gasteiger partial charge in [0.2, 0.25) is 5.91 Å². The molecule has 3 aliphatic carbocycles. The molecule has 1 amide bonds. The smallest absolute Gasteiger partial charge is 0.404 e. The molecule has 3 saturated carbocycles. The fraction of sp³-hybridized carbons (Fsp3) is 0.720. The molecule has 2 N–H and O–H groups in total. The minimum Gasteiger partial charge on any atom is -0.404 e. The van der Waals surface area contributed by atoms with E-state index in [4.69, 9.17) is 14.0 Å². The van der Waals surface area contributed by atoms with E-state index < -0.39 is 7.12 Å². The van der Waals surface area contributed by atoms with Gasteiger partial charge in [0.1, 0.15) is 0 Å². The first-order valence-electron chi connectivity index (χ1n) is 12.3. The lowest BCUT2D eigenvalue weighted by atomic mass is 9.43. The zero-order valence-electron chi connectivity index (χ0n) is 19.6. The highest BCUT2D eigenvalue weighted by Gasteiger charge is 2.68. The maximum absolute atomic E-state index is 12.9. The monoisotopic (exact) mass is 440 g/mol. The molecule has 7 heteroatoms. The van der Waals surface area contributed by atoms with Gasteiger partial charge >= 0.3 is 7.12 Å². The van der Waals surface area contributed by atoms with Crippen LogP contribution in [-0.2, 0) is 25.3 Å². The van der Waals surface area contributed by atoms with E-state index in [1.807, 2.05) is 6.07 Å². The highest BCUT2D eigenvalue weighted by molar-refractivity contribution is 6.47. The molecule has 2 bridgehead atoms. The molecule has 32 heavy (non-hydrogen) atoms. The van der Waals surface area contributed by atoms with Crippen LogP contribution in [0.15, 0.2) is 30.3 Å². The molecule has 6 nitrogen and oxygen atoms in total. The summed E-state index contributed by atoms with van der Waals surface area (Å²) in [6, 6.07) is 10.4. The van der Waals surface area contributed by atoms with Gasteiger partial charge in [-0.25, -0.2) is 0 Å². The minimum absolute atomic E-state index is 0.00798. The van der Waals surface area contributed by atoms with Crippen molar-refractivity contribution in [1.29, 1.82) is 0 Å². The van der Waals surface area contributed by atoms with Crippen LogP contribution in [0.2, 0.25) is 0 Å². The molecule has 174 valence electrons. The fourth-order valence-corrected chi connectivity index (χ4v) is 6.54. The Labute approximate surface area is 192 Å². The molecule has 1 aromatic carbocycles. The summed E-state index contributed by atoms with van der Waals surface area (Å²) < 4.78 is 19.0. The predicted octanol–water partition coefficient (Wildman–Crippen LogP) is 2.75. The molecule has 0 spiro atoms. The molecule has 2 saturated heterocycles. The lowest BCUT2D eigenvalue weighted by molar-refractivity contribution is -0.199. The van der Waals surface area contributed by atoms with Crippen LogP contribution in [0, 0.1) is 17.3 Å². The molecule has 5 fully saturated rings. The van der Waals surface area contributed by atoms with Gasteiger partial charge in [-0.1, -0.05) is 44.2 Å². The Morgan fingerprint density at radius 3 is 2.78 bits per heavy atom. The zero-order valence-corrected chi connectivity index (χ0v) is 19.6. The van der Waals surface area contributed by atoms with E-state index in [0.29, 0.717) is 30.3 Å². The van der Waals surface area contributed by atoms with E-state index in [2.05, 4.69) is 55.7 Å². The Morgan fingerprint density at radius 1 is 1.25 bits per heavy atom. The van der Waals surface area contributed by atoms with Gasteiger partial charge in [0.25, 0.3) is 0 Å². The summed E-state index contributed by atoms with van der Waals surface area (Å²) in [5, 5.41) is 6.55. The van der Waals surface area contributed by atoms with Crippen LogP contribution in [-0.4, -0.2) is 56.5 Å². The van der Waals surface area contributed by atoms with Gasteiger partial charge in [-0.05, 0) is 55.4 Å². The number of carbonyl (C=O) groups is 1. The van der Waals surface area contributed by atoms with Gasteiger partial charge in [-0.3, -0.25) is 4.79 Å². The van der Waals surface area contributed by atoms with Crippen LogP contribution < -0.4 is 10.6 Å². The highest BCUT2D eigenvalue weighted by atomic mass is 16.7. The van der Waals surface area contributed by atoms with Crippen molar-refractivity contribution in [2.24, 2.45) is 17.3 Å². The van der Waals surface area contributed by atoms with Crippen LogP contribution in [0.3, 0.4) is 0 Å². The van der Waals surface area contributed by atoms with Gasteiger partial charge in [0.15, 0.2) is 0 Å². The average Bonchev–Trinajstić information content (AvgIpc) is 3.15. The first-order chi connectivity index (χ1) is 15.4. The van der Waals surface area contributed by atoms with Crippen LogP contribution in [0.5, 0.6) is 0 Å². The second-order valence-corrected chi connectivity index (χ2v) is 10.9. The largest absolute Gasteiger partial charge is 0.481 e. The van der Waals surface area contributed by atoms with Crippen molar-refractivity contribution in [2.75, 3.05) is 19.7 Å². The summed E-state index contributed by atoms with van der Waals surface area (Å²) in [4.78, 5) is 12.9. The molecular formula is C25H37BN2O4. The summed E-state index contributed by atoms with van der Waals surface area (Å²) in [5.74, 6) is 1.05. The lowest BCUT2D eigenvalue weighted by Gasteiger charge is -2.64. The number of ether oxygens (including phenoxy) is 1. The summed E-state index contributed by atoms with van der Waals surface area (Å²) in [6.07, 6.45) is 4.34. The third kappa shape index (κ3) is 4.13. The van der Waals surface area contributed by atoms with Crippen molar-refractivity contribution >= 4 is 13.0 Å². The average molecular weight is 440 g/mol. The highest BCUT2D eigenvalue weighted by Crippen LogP contribution is 2.65. The number of morpholine rings is 1. The van der Waals surface area contributed by atoms with E-state index in [0.717, 1.165) is 32.4 Å². The summed E-state index contributed by atoms with van der Waals surface area (Å²) in [7, 11) is -0.404. The second-order valence-electron chi connectivity index (χ2n) is 10.9. The molecule has 5 aliphatic rings. The second kappa shape index (κ2) is 8.75. The Morgan fingerprint density at radius 2 is 2.06 bits per heavy atom. The van der Waals surface area contributed by atoms with Crippen molar-refractivity contribution in [3.8, 4) is 0 Å². The van der Waals surface area contributed by atoms with Gasteiger partial charge in [0, 0.05) is 13.1 Å². The van der Waals surface area contributed by atoms with E-state index in [1.54, 1.807) is 0 Å². The third-order valence-corrected chi connectivity index (χ3v) is 8.65. The quantitative estimate of drug-likeness (QED) is 0.639. The summed E-state index contributed by atoms with van der Waals surface area (Å²) in [6.45, 7) is 9.20.